The molecule has 0 aliphatic rings. The molecule has 0 fully saturated rings. The predicted molar refractivity (Wildman–Crippen MR) is 106 cm³/mol. The smallest absolute Gasteiger partial charge is 0.258 e. The van der Waals surface area contributed by atoms with Gasteiger partial charge in [-0.1, -0.05) is 49.7 Å². The van der Waals surface area contributed by atoms with Crippen molar-refractivity contribution in [3.63, 3.8) is 0 Å². The molecular weight excluding hydrogens is 324 g/mol. The quantitative estimate of drug-likeness (QED) is 0.683. The fourth-order valence-electron chi connectivity index (χ4n) is 2.80. The average Bonchev–Trinajstić information content (AvgIpc) is 2.67. The molecule has 2 aromatic rings. The molecule has 26 heavy (non-hydrogen) atoms. The fourth-order valence-corrected chi connectivity index (χ4v) is 2.80. The molecule has 0 radical (unpaired) electrons. The van der Waals surface area contributed by atoms with Crippen molar-refractivity contribution in [2.45, 2.75) is 39.5 Å². The van der Waals surface area contributed by atoms with Crippen LogP contribution in [0.25, 0.3) is 0 Å². The fraction of sp³-hybridized carbons (Fsp3) is 0.364. The first-order valence-electron chi connectivity index (χ1n) is 9.32. The minimum atomic E-state index is -0.00777. The van der Waals surface area contributed by atoms with Gasteiger partial charge in [0, 0.05) is 30.8 Å². The number of para-hydroxylation sites is 1. The topological polar surface area (TPSA) is 49.4 Å². The van der Waals surface area contributed by atoms with E-state index in [-0.39, 0.29) is 11.8 Å². The first-order chi connectivity index (χ1) is 12.6. The normalized spacial score (nSPS) is 10.4. The van der Waals surface area contributed by atoms with Gasteiger partial charge in [-0.25, -0.2) is 0 Å². The van der Waals surface area contributed by atoms with Crippen molar-refractivity contribution in [1.82, 2.24) is 5.32 Å². The predicted octanol–water partition coefficient (Wildman–Crippen LogP) is 4.34. The Morgan fingerprint density at radius 2 is 1.65 bits per heavy atom. The lowest BCUT2D eigenvalue weighted by Gasteiger charge is -2.24. The second kappa shape index (κ2) is 10.4. The van der Waals surface area contributed by atoms with Crippen LogP contribution in [0, 0.1) is 6.92 Å². The number of carbonyl (C=O) groups is 2. The number of carbonyl (C=O) groups excluding carboxylic acids is 2. The van der Waals surface area contributed by atoms with E-state index < -0.39 is 0 Å². The highest BCUT2D eigenvalue weighted by molar-refractivity contribution is 6.07. The van der Waals surface area contributed by atoms with Gasteiger partial charge in [0.05, 0.1) is 0 Å². The molecule has 0 aromatic heterocycles. The molecular formula is C22H28N2O2. The van der Waals surface area contributed by atoms with Crippen LogP contribution in [0.1, 0.15) is 48.5 Å². The number of aryl methyl sites for hydroxylation is 1. The van der Waals surface area contributed by atoms with Crippen molar-refractivity contribution in [3.8, 4) is 0 Å². The molecule has 0 unspecified atom stereocenters. The van der Waals surface area contributed by atoms with Crippen molar-refractivity contribution < 1.29 is 9.59 Å². The minimum Gasteiger partial charge on any atom is -0.356 e. The van der Waals surface area contributed by atoms with Gasteiger partial charge in [-0.2, -0.15) is 0 Å². The van der Waals surface area contributed by atoms with Gasteiger partial charge in [-0.3, -0.25) is 9.59 Å². The van der Waals surface area contributed by atoms with E-state index in [1.165, 1.54) is 0 Å². The van der Waals surface area contributed by atoms with Crippen molar-refractivity contribution in [2.24, 2.45) is 0 Å². The molecule has 0 spiro atoms. The molecule has 2 rings (SSSR count). The molecule has 4 nitrogen and oxygen atoms in total. The first-order valence-corrected chi connectivity index (χ1v) is 9.32. The van der Waals surface area contributed by atoms with Gasteiger partial charge < -0.3 is 10.2 Å². The Morgan fingerprint density at radius 3 is 2.35 bits per heavy atom. The summed E-state index contributed by atoms with van der Waals surface area (Å²) in [6, 6.07) is 17.3. The molecule has 0 aliphatic heterocycles. The first kappa shape index (κ1) is 19.7. The highest BCUT2D eigenvalue weighted by Gasteiger charge is 2.18. The highest BCUT2D eigenvalue weighted by Crippen LogP contribution is 2.19. The summed E-state index contributed by atoms with van der Waals surface area (Å²) in [5.74, 6) is 0.0787. The molecule has 0 heterocycles. The number of hydrogen-bond donors (Lipinski definition) is 1. The van der Waals surface area contributed by atoms with Crippen molar-refractivity contribution in [3.05, 3.63) is 65.7 Å². The summed E-state index contributed by atoms with van der Waals surface area (Å²) >= 11 is 0. The Kier molecular flexibility index (Phi) is 7.87. The van der Waals surface area contributed by atoms with E-state index in [9.17, 15) is 9.59 Å². The summed E-state index contributed by atoms with van der Waals surface area (Å²) in [4.78, 5) is 26.6. The van der Waals surface area contributed by atoms with Crippen LogP contribution < -0.4 is 10.2 Å². The SMILES string of the molecule is CCCCC(=O)NCCCN(C(=O)c1ccccc1C)c1ccccc1. The lowest BCUT2D eigenvalue weighted by atomic mass is 10.1. The summed E-state index contributed by atoms with van der Waals surface area (Å²) in [6.45, 7) is 5.16. The summed E-state index contributed by atoms with van der Waals surface area (Å²) in [6.07, 6.45) is 3.21. The van der Waals surface area contributed by atoms with Crippen LogP contribution in [-0.4, -0.2) is 24.9 Å². The number of rotatable bonds is 9. The Hall–Kier alpha value is -2.62. The van der Waals surface area contributed by atoms with E-state index in [1.54, 1.807) is 4.90 Å². The molecule has 4 heteroatoms. The molecule has 2 amide bonds. The van der Waals surface area contributed by atoms with Crippen molar-refractivity contribution >= 4 is 17.5 Å². The van der Waals surface area contributed by atoms with Gasteiger partial charge in [-0.05, 0) is 43.5 Å². The van der Waals surface area contributed by atoms with E-state index in [0.29, 0.717) is 31.5 Å². The average molecular weight is 352 g/mol. The molecule has 0 atom stereocenters. The number of anilines is 1. The zero-order valence-electron chi connectivity index (χ0n) is 15.7. The monoisotopic (exact) mass is 352 g/mol. The molecule has 0 saturated carbocycles. The van der Waals surface area contributed by atoms with Gasteiger partial charge in [-0.15, -0.1) is 0 Å². The summed E-state index contributed by atoms with van der Waals surface area (Å²) in [5, 5.41) is 2.94. The molecule has 2 aromatic carbocycles. The largest absolute Gasteiger partial charge is 0.356 e. The van der Waals surface area contributed by atoms with Gasteiger partial charge in [0.15, 0.2) is 0 Å². The van der Waals surface area contributed by atoms with Crippen molar-refractivity contribution in [1.29, 1.82) is 0 Å². The maximum atomic E-state index is 13.1. The van der Waals surface area contributed by atoms with Crippen LogP contribution in [-0.2, 0) is 4.79 Å². The third-order valence-electron chi connectivity index (χ3n) is 4.33. The minimum absolute atomic E-state index is 0.00777. The Morgan fingerprint density at radius 1 is 0.962 bits per heavy atom. The number of nitrogens with one attached hydrogen (secondary N) is 1. The second-order valence-corrected chi connectivity index (χ2v) is 6.41. The molecule has 138 valence electrons. The van der Waals surface area contributed by atoms with Gasteiger partial charge in [0.25, 0.3) is 5.91 Å². The van der Waals surface area contributed by atoms with Crippen LogP contribution in [0.5, 0.6) is 0 Å². The third kappa shape index (κ3) is 5.73. The maximum Gasteiger partial charge on any atom is 0.258 e. The van der Waals surface area contributed by atoms with Crippen LogP contribution in [0.4, 0.5) is 5.69 Å². The maximum absolute atomic E-state index is 13.1. The number of benzene rings is 2. The number of unbranched alkanes of at least 4 members (excludes halogenated alkanes) is 1. The molecule has 0 aliphatic carbocycles. The summed E-state index contributed by atoms with van der Waals surface area (Å²) in [7, 11) is 0. The van der Waals surface area contributed by atoms with Crippen LogP contribution in [0.3, 0.4) is 0 Å². The Bertz CT molecular complexity index is 713. The van der Waals surface area contributed by atoms with E-state index in [4.69, 9.17) is 0 Å². The summed E-state index contributed by atoms with van der Waals surface area (Å²) in [5.41, 5.74) is 2.55. The van der Waals surface area contributed by atoms with Gasteiger partial charge in [0.1, 0.15) is 0 Å². The highest BCUT2D eigenvalue weighted by atomic mass is 16.2. The molecule has 1 N–H and O–H groups in total. The summed E-state index contributed by atoms with van der Waals surface area (Å²) < 4.78 is 0. The standard InChI is InChI=1S/C22H28N2O2/c1-3-4-15-21(25)23-16-10-17-24(19-12-6-5-7-13-19)22(26)20-14-9-8-11-18(20)2/h5-9,11-14H,3-4,10,15-17H2,1-2H3,(H,23,25). The number of hydrogen-bond acceptors (Lipinski definition) is 2. The zero-order valence-corrected chi connectivity index (χ0v) is 15.7. The Labute approximate surface area is 156 Å². The number of nitrogens with zero attached hydrogens (tertiary/aromatic N) is 1. The van der Waals surface area contributed by atoms with Gasteiger partial charge >= 0.3 is 0 Å². The van der Waals surface area contributed by atoms with Crippen molar-refractivity contribution in [2.75, 3.05) is 18.0 Å². The van der Waals surface area contributed by atoms with Crippen LogP contribution in [0.2, 0.25) is 0 Å². The third-order valence-corrected chi connectivity index (χ3v) is 4.33. The Balaban J connectivity index is 2.03. The number of amides is 2. The van der Waals surface area contributed by atoms with E-state index in [0.717, 1.165) is 24.1 Å². The van der Waals surface area contributed by atoms with Crippen LogP contribution in [0.15, 0.2) is 54.6 Å². The lowest BCUT2D eigenvalue weighted by molar-refractivity contribution is -0.121. The molecule has 0 saturated heterocycles. The van der Waals surface area contributed by atoms with E-state index in [2.05, 4.69) is 12.2 Å². The molecule has 0 bridgehead atoms. The van der Waals surface area contributed by atoms with Gasteiger partial charge in [0.2, 0.25) is 5.91 Å². The van der Waals surface area contributed by atoms with E-state index in [1.807, 2.05) is 61.5 Å². The zero-order chi connectivity index (χ0) is 18.8. The van der Waals surface area contributed by atoms with E-state index >= 15 is 0 Å². The lowest BCUT2D eigenvalue weighted by Crippen LogP contribution is -2.34. The van der Waals surface area contributed by atoms with Crippen LogP contribution >= 0.6 is 0 Å². The second-order valence-electron chi connectivity index (χ2n) is 6.41.